The maximum atomic E-state index is 13.1. The average molecular weight is 613 g/mol. The van der Waals surface area contributed by atoms with E-state index in [1.54, 1.807) is 12.1 Å². The first-order chi connectivity index (χ1) is 19.2. The van der Waals surface area contributed by atoms with Gasteiger partial charge in [-0.2, -0.15) is 8.78 Å². The molecule has 0 bridgehead atoms. The topological polar surface area (TPSA) is 62.1 Å². The average Bonchev–Trinajstić information content (AvgIpc) is 3.11. The third-order valence-electron chi connectivity index (χ3n) is 6.95. The molecule has 4 aromatic rings. The molecule has 0 saturated carbocycles. The number of fused-ring (bicyclic) bond motifs is 1. The minimum absolute atomic E-state index is 0.151. The number of anilines is 2. The third-order valence-corrected chi connectivity index (χ3v) is 7.42. The molecule has 7 nitrogen and oxygen atoms in total. The molecule has 40 heavy (non-hydrogen) atoms. The maximum absolute atomic E-state index is 13.1. The van der Waals surface area contributed by atoms with Crippen LogP contribution < -0.4 is 19.9 Å². The van der Waals surface area contributed by atoms with E-state index in [4.69, 9.17) is 0 Å². The highest BCUT2D eigenvalue weighted by Gasteiger charge is 2.23. The van der Waals surface area contributed by atoms with Gasteiger partial charge in [0.2, 0.25) is 0 Å². The van der Waals surface area contributed by atoms with Gasteiger partial charge in [-0.25, -0.2) is 4.98 Å². The van der Waals surface area contributed by atoms with Gasteiger partial charge in [-0.1, -0.05) is 19.1 Å². The van der Waals surface area contributed by atoms with Crippen molar-refractivity contribution in [3.05, 3.63) is 88.3 Å². The number of imidazole rings is 1. The number of halogens is 3. The van der Waals surface area contributed by atoms with E-state index in [2.05, 4.69) is 52.9 Å². The predicted octanol–water partition coefficient (Wildman–Crippen LogP) is 6.30. The second-order valence-corrected chi connectivity index (χ2v) is 10.8. The number of alkyl halides is 2. The Morgan fingerprint density at radius 3 is 2.20 bits per heavy atom. The molecule has 1 aliphatic rings. The van der Waals surface area contributed by atoms with Crippen LogP contribution in [-0.4, -0.2) is 47.6 Å². The molecular formula is C30H32BrF2N5O2. The van der Waals surface area contributed by atoms with Gasteiger partial charge >= 0.3 is 6.11 Å². The summed E-state index contributed by atoms with van der Waals surface area (Å²) in [5.74, 6) is 0.00327. The molecule has 0 atom stereocenters. The number of nitrogens with zero attached hydrogens (tertiary/aromatic N) is 4. The molecule has 2 aromatic heterocycles. The van der Waals surface area contributed by atoms with Crippen LogP contribution >= 0.6 is 15.9 Å². The Bertz CT molecular complexity index is 1470. The smallest absolute Gasteiger partial charge is 0.394 e. The molecule has 0 spiro atoms. The van der Waals surface area contributed by atoms with E-state index in [1.165, 1.54) is 0 Å². The zero-order chi connectivity index (χ0) is 28.3. The summed E-state index contributed by atoms with van der Waals surface area (Å²) in [6, 6.07) is 18.9. The number of carbonyl (C=O) groups excluding carboxylic acids is 1. The van der Waals surface area contributed by atoms with E-state index in [1.807, 2.05) is 53.9 Å². The van der Waals surface area contributed by atoms with Crippen LogP contribution in [0, 0.1) is 0 Å². The van der Waals surface area contributed by atoms with Gasteiger partial charge in [-0.3, -0.25) is 9.20 Å². The Morgan fingerprint density at radius 2 is 1.60 bits per heavy atom. The van der Waals surface area contributed by atoms with Crippen LogP contribution in [0.3, 0.4) is 0 Å². The van der Waals surface area contributed by atoms with Crippen LogP contribution in [0.1, 0.15) is 42.0 Å². The number of carbonyl (C=O) groups is 1. The quantitative estimate of drug-likeness (QED) is 0.253. The Kier molecular flexibility index (Phi) is 8.25. The van der Waals surface area contributed by atoms with Crippen molar-refractivity contribution >= 4 is 38.9 Å². The van der Waals surface area contributed by atoms with E-state index >= 15 is 0 Å². The summed E-state index contributed by atoms with van der Waals surface area (Å²) >= 11 is 3.48. The van der Waals surface area contributed by atoms with Crippen LogP contribution in [0.15, 0.2) is 71.3 Å². The molecule has 1 saturated heterocycles. The van der Waals surface area contributed by atoms with Crippen LogP contribution in [0.5, 0.6) is 5.75 Å². The highest BCUT2D eigenvalue weighted by molar-refractivity contribution is 9.10. The number of rotatable bonds is 8. The SMILES string of the molecule is CCc1nc2ccc(Br)cn2c1C(=O)NCc1ccc(N2CCCN(c3ccc(OC(C)(F)F)cc3)CC2)cc1. The molecule has 210 valence electrons. The van der Waals surface area contributed by atoms with Crippen LogP contribution in [0.25, 0.3) is 5.65 Å². The maximum Gasteiger partial charge on any atom is 0.394 e. The summed E-state index contributed by atoms with van der Waals surface area (Å²) in [6.07, 6.45) is 0.307. The van der Waals surface area contributed by atoms with Gasteiger partial charge in [-0.15, -0.1) is 0 Å². The fourth-order valence-electron chi connectivity index (χ4n) is 5.01. The number of hydrogen-bond donors (Lipinski definition) is 1. The van der Waals surface area contributed by atoms with Crippen molar-refractivity contribution in [2.45, 2.75) is 39.3 Å². The number of hydrogen-bond acceptors (Lipinski definition) is 5. The zero-order valence-corrected chi connectivity index (χ0v) is 24.1. The fourth-order valence-corrected chi connectivity index (χ4v) is 5.35. The fraction of sp³-hybridized carbons (Fsp3) is 0.333. The van der Waals surface area contributed by atoms with E-state index in [-0.39, 0.29) is 11.7 Å². The highest BCUT2D eigenvalue weighted by Crippen LogP contribution is 2.26. The summed E-state index contributed by atoms with van der Waals surface area (Å²) in [7, 11) is 0. The lowest BCUT2D eigenvalue weighted by atomic mass is 10.2. The van der Waals surface area contributed by atoms with Crippen LogP contribution in [0.4, 0.5) is 20.2 Å². The molecule has 1 aliphatic heterocycles. The van der Waals surface area contributed by atoms with Gasteiger partial charge in [0.1, 0.15) is 17.1 Å². The van der Waals surface area contributed by atoms with Crippen LogP contribution in [-0.2, 0) is 13.0 Å². The van der Waals surface area contributed by atoms with Gasteiger partial charge < -0.3 is 19.9 Å². The molecule has 0 aliphatic carbocycles. The minimum atomic E-state index is -3.20. The van der Waals surface area contributed by atoms with Gasteiger partial charge in [0, 0.05) is 61.7 Å². The molecule has 0 radical (unpaired) electrons. The van der Waals surface area contributed by atoms with E-state index in [0.29, 0.717) is 18.7 Å². The number of benzene rings is 2. The number of amides is 1. The molecule has 2 aromatic carbocycles. The van der Waals surface area contributed by atoms with Gasteiger partial charge in [-0.05, 0) is 82.9 Å². The summed E-state index contributed by atoms with van der Waals surface area (Å²) < 4.78 is 33.6. The Hall–Kier alpha value is -3.66. The molecule has 0 unspecified atom stereocenters. The Morgan fingerprint density at radius 1 is 0.975 bits per heavy atom. The summed E-state index contributed by atoms with van der Waals surface area (Å²) in [6.45, 7) is 6.60. The zero-order valence-electron chi connectivity index (χ0n) is 22.5. The number of ether oxygens (including phenoxy) is 1. The Labute approximate surface area is 240 Å². The standard InChI is InChI=1S/C30H32BrF2N5O2/c1-3-26-28(38-20-22(31)7-14-27(38)35-26)29(39)34-19-21-5-8-23(9-6-21)36-15-4-16-37(18-17-36)24-10-12-25(13-11-24)40-30(2,32)33/h5-14,20H,3-4,15-19H2,1-2H3,(H,34,39). The molecule has 3 heterocycles. The third kappa shape index (κ3) is 6.55. The van der Waals surface area contributed by atoms with E-state index in [0.717, 1.165) is 72.3 Å². The Balaban J connectivity index is 1.18. The summed E-state index contributed by atoms with van der Waals surface area (Å²) in [5.41, 5.74) is 5.22. The van der Waals surface area contributed by atoms with Crippen LogP contribution in [0.2, 0.25) is 0 Å². The van der Waals surface area contributed by atoms with Crippen molar-refractivity contribution in [2.24, 2.45) is 0 Å². The molecular weight excluding hydrogens is 580 g/mol. The first kappa shape index (κ1) is 27.9. The molecule has 1 fully saturated rings. The lowest BCUT2D eigenvalue weighted by molar-refractivity contribution is -0.158. The first-order valence-corrected chi connectivity index (χ1v) is 14.2. The van der Waals surface area contributed by atoms with Crippen molar-refractivity contribution in [3.8, 4) is 5.75 Å². The number of nitrogens with one attached hydrogen (secondary N) is 1. The summed E-state index contributed by atoms with van der Waals surface area (Å²) in [4.78, 5) is 22.3. The molecule has 1 N–H and O–H groups in total. The number of pyridine rings is 1. The number of aryl methyl sites for hydroxylation is 1. The first-order valence-electron chi connectivity index (χ1n) is 13.4. The lowest BCUT2D eigenvalue weighted by Gasteiger charge is -2.25. The largest absolute Gasteiger partial charge is 0.433 e. The van der Waals surface area contributed by atoms with Gasteiger partial charge in [0.05, 0.1) is 5.69 Å². The van der Waals surface area contributed by atoms with Crippen molar-refractivity contribution in [1.29, 1.82) is 0 Å². The highest BCUT2D eigenvalue weighted by atomic mass is 79.9. The second kappa shape index (κ2) is 11.8. The monoisotopic (exact) mass is 611 g/mol. The predicted molar refractivity (Wildman–Crippen MR) is 157 cm³/mol. The lowest BCUT2D eigenvalue weighted by Crippen LogP contribution is -2.30. The van der Waals surface area contributed by atoms with Gasteiger partial charge in [0.25, 0.3) is 5.91 Å². The molecule has 1 amide bonds. The van der Waals surface area contributed by atoms with Crippen molar-refractivity contribution in [1.82, 2.24) is 14.7 Å². The normalized spacial score (nSPS) is 14.3. The van der Waals surface area contributed by atoms with Gasteiger partial charge in [0.15, 0.2) is 0 Å². The minimum Gasteiger partial charge on any atom is -0.433 e. The second-order valence-electron chi connectivity index (χ2n) is 9.92. The molecule has 5 rings (SSSR count). The number of aromatic nitrogens is 2. The van der Waals surface area contributed by atoms with Crippen molar-refractivity contribution in [3.63, 3.8) is 0 Å². The van der Waals surface area contributed by atoms with Crippen molar-refractivity contribution in [2.75, 3.05) is 36.0 Å². The van der Waals surface area contributed by atoms with E-state index < -0.39 is 6.11 Å². The van der Waals surface area contributed by atoms with Crippen molar-refractivity contribution < 1.29 is 18.3 Å². The van der Waals surface area contributed by atoms with E-state index in [9.17, 15) is 13.6 Å². The molecule has 10 heteroatoms. The summed E-state index contributed by atoms with van der Waals surface area (Å²) in [5, 5.41) is 3.05.